The maximum Gasteiger partial charge on any atom is 0.358 e. The highest BCUT2D eigenvalue weighted by Gasteiger charge is 2.30. The molecule has 2 atom stereocenters. The van der Waals surface area contributed by atoms with Gasteiger partial charge in [0.05, 0.1) is 31.3 Å². The fraction of sp³-hybridized carbons (Fsp3) is 0.412. The first kappa shape index (κ1) is 15.7. The SMILES string of the molecule is COC(=O)c1ncn([C@H]2CCCC[C@@H]2O)c1-c1cccc(F)c1. The summed E-state index contributed by atoms with van der Waals surface area (Å²) in [5.74, 6) is -0.969. The van der Waals surface area contributed by atoms with Crippen molar-refractivity contribution in [1.82, 2.24) is 9.55 Å². The van der Waals surface area contributed by atoms with Crippen molar-refractivity contribution >= 4 is 5.97 Å². The van der Waals surface area contributed by atoms with Crippen LogP contribution in [-0.2, 0) is 4.74 Å². The number of esters is 1. The Bertz CT molecular complexity index is 714. The van der Waals surface area contributed by atoms with Gasteiger partial charge >= 0.3 is 5.97 Å². The largest absolute Gasteiger partial charge is 0.464 e. The second-order valence-corrected chi connectivity index (χ2v) is 5.77. The van der Waals surface area contributed by atoms with Gasteiger partial charge in [0.15, 0.2) is 5.69 Å². The Morgan fingerprint density at radius 1 is 1.39 bits per heavy atom. The maximum atomic E-state index is 13.6. The number of halogens is 1. The van der Waals surface area contributed by atoms with E-state index in [1.165, 1.54) is 25.6 Å². The van der Waals surface area contributed by atoms with Gasteiger partial charge in [-0.1, -0.05) is 25.0 Å². The zero-order valence-corrected chi connectivity index (χ0v) is 12.9. The summed E-state index contributed by atoms with van der Waals surface area (Å²) in [5, 5.41) is 10.3. The number of methoxy groups -OCH3 is 1. The maximum absolute atomic E-state index is 13.6. The summed E-state index contributed by atoms with van der Waals surface area (Å²) in [5.41, 5.74) is 1.17. The number of aliphatic hydroxyl groups is 1. The molecular weight excluding hydrogens is 299 g/mol. The van der Waals surface area contributed by atoms with Crippen LogP contribution in [0.3, 0.4) is 0 Å². The summed E-state index contributed by atoms with van der Waals surface area (Å²) in [6.07, 6.45) is 4.50. The minimum absolute atomic E-state index is 0.135. The molecule has 1 N–H and O–H groups in total. The van der Waals surface area contributed by atoms with Crippen molar-refractivity contribution in [3.8, 4) is 11.3 Å². The number of nitrogens with zero attached hydrogens (tertiary/aromatic N) is 2. The van der Waals surface area contributed by atoms with E-state index in [9.17, 15) is 14.3 Å². The van der Waals surface area contributed by atoms with E-state index >= 15 is 0 Å². The van der Waals surface area contributed by atoms with Crippen molar-refractivity contribution in [3.63, 3.8) is 0 Å². The summed E-state index contributed by atoms with van der Waals surface area (Å²) in [6.45, 7) is 0. The summed E-state index contributed by atoms with van der Waals surface area (Å²) in [4.78, 5) is 16.2. The van der Waals surface area contributed by atoms with E-state index in [2.05, 4.69) is 4.98 Å². The number of aromatic nitrogens is 2. The Labute approximate surface area is 133 Å². The van der Waals surface area contributed by atoms with Gasteiger partial charge in [-0.2, -0.15) is 0 Å². The molecule has 23 heavy (non-hydrogen) atoms. The lowest BCUT2D eigenvalue weighted by Crippen LogP contribution is -2.27. The highest BCUT2D eigenvalue weighted by molar-refractivity contribution is 5.94. The second-order valence-electron chi connectivity index (χ2n) is 5.77. The normalized spacial score (nSPS) is 21.2. The zero-order valence-electron chi connectivity index (χ0n) is 12.9. The van der Waals surface area contributed by atoms with Crippen LogP contribution in [0.1, 0.15) is 42.2 Å². The lowest BCUT2D eigenvalue weighted by Gasteiger charge is -2.30. The molecule has 1 saturated carbocycles. The molecule has 5 nitrogen and oxygen atoms in total. The molecule has 0 amide bonds. The Morgan fingerprint density at radius 3 is 2.87 bits per heavy atom. The minimum atomic E-state index is -0.576. The van der Waals surface area contributed by atoms with Crippen molar-refractivity contribution < 1.29 is 19.0 Å². The van der Waals surface area contributed by atoms with Crippen molar-refractivity contribution in [1.29, 1.82) is 0 Å². The predicted molar refractivity (Wildman–Crippen MR) is 82.5 cm³/mol. The van der Waals surface area contributed by atoms with Crippen molar-refractivity contribution in [3.05, 3.63) is 42.1 Å². The van der Waals surface area contributed by atoms with Crippen LogP contribution < -0.4 is 0 Å². The minimum Gasteiger partial charge on any atom is -0.464 e. The van der Waals surface area contributed by atoms with Gasteiger partial charge in [-0.15, -0.1) is 0 Å². The van der Waals surface area contributed by atoms with E-state index in [0.29, 0.717) is 17.7 Å². The molecule has 0 saturated heterocycles. The molecule has 1 heterocycles. The predicted octanol–water partition coefficient (Wildman–Crippen LogP) is 2.95. The fourth-order valence-electron chi connectivity index (χ4n) is 3.20. The number of benzene rings is 1. The number of carbonyl (C=O) groups is 1. The molecule has 0 bridgehead atoms. The number of hydrogen-bond acceptors (Lipinski definition) is 4. The van der Waals surface area contributed by atoms with Gasteiger partial charge in [-0.05, 0) is 25.0 Å². The van der Waals surface area contributed by atoms with Crippen LogP contribution in [0.5, 0.6) is 0 Å². The monoisotopic (exact) mass is 318 g/mol. The molecule has 1 aromatic carbocycles. The van der Waals surface area contributed by atoms with Gasteiger partial charge in [0.2, 0.25) is 0 Å². The van der Waals surface area contributed by atoms with Crippen molar-refractivity contribution in [2.75, 3.05) is 7.11 Å². The van der Waals surface area contributed by atoms with E-state index in [1.807, 2.05) is 0 Å². The Balaban J connectivity index is 2.13. The van der Waals surface area contributed by atoms with Crippen LogP contribution in [0, 0.1) is 5.82 Å². The smallest absolute Gasteiger partial charge is 0.358 e. The van der Waals surface area contributed by atoms with E-state index in [-0.39, 0.29) is 11.7 Å². The lowest BCUT2D eigenvalue weighted by molar-refractivity contribution is 0.0593. The number of hydrogen-bond donors (Lipinski definition) is 1. The van der Waals surface area contributed by atoms with E-state index in [0.717, 1.165) is 19.3 Å². The van der Waals surface area contributed by atoms with E-state index in [4.69, 9.17) is 4.74 Å². The third-order valence-corrected chi connectivity index (χ3v) is 4.32. The average molecular weight is 318 g/mol. The first-order valence-corrected chi connectivity index (χ1v) is 7.71. The second kappa shape index (κ2) is 6.50. The number of ether oxygens (including phenoxy) is 1. The number of carbonyl (C=O) groups excluding carboxylic acids is 1. The summed E-state index contributed by atoms with van der Waals surface area (Å²) in [6, 6.07) is 5.83. The summed E-state index contributed by atoms with van der Waals surface area (Å²) in [7, 11) is 1.28. The highest BCUT2D eigenvalue weighted by atomic mass is 19.1. The number of aliphatic hydroxyl groups excluding tert-OH is 1. The van der Waals surface area contributed by atoms with Crippen LogP contribution >= 0.6 is 0 Å². The molecule has 1 fully saturated rings. The standard InChI is InChI=1S/C17H19FN2O3/c1-23-17(22)15-16(11-5-4-6-12(18)9-11)20(10-19-15)13-7-2-3-8-14(13)21/h4-6,9-10,13-14,21H,2-3,7-8H2,1H3/t13-,14-/m0/s1. The third kappa shape index (κ3) is 2.99. The van der Waals surface area contributed by atoms with Gasteiger partial charge in [0.1, 0.15) is 5.82 Å². The first-order valence-electron chi connectivity index (χ1n) is 7.71. The molecule has 2 aromatic rings. The Hall–Kier alpha value is -2.21. The molecule has 0 radical (unpaired) electrons. The molecule has 0 unspecified atom stereocenters. The van der Waals surface area contributed by atoms with Gasteiger partial charge in [0.25, 0.3) is 0 Å². The molecule has 1 aromatic heterocycles. The van der Waals surface area contributed by atoms with Crippen LogP contribution in [-0.4, -0.2) is 33.8 Å². The Morgan fingerprint density at radius 2 is 2.17 bits per heavy atom. The van der Waals surface area contributed by atoms with Gasteiger partial charge in [-0.25, -0.2) is 14.2 Å². The molecule has 3 rings (SSSR count). The van der Waals surface area contributed by atoms with Crippen LogP contribution in [0.4, 0.5) is 4.39 Å². The molecule has 1 aliphatic rings. The third-order valence-electron chi connectivity index (χ3n) is 4.32. The Kier molecular flexibility index (Phi) is 4.43. The molecular formula is C17H19FN2O3. The van der Waals surface area contributed by atoms with E-state index in [1.54, 1.807) is 16.7 Å². The van der Waals surface area contributed by atoms with Gasteiger partial charge in [0, 0.05) is 5.56 Å². The highest BCUT2D eigenvalue weighted by Crippen LogP contribution is 2.34. The van der Waals surface area contributed by atoms with E-state index < -0.39 is 17.9 Å². The summed E-state index contributed by atoms with van der Waals surface area (Å²) >= 11 is 0. The van der Waals surface area contributed by atoms with Crippen LogP contribution in [0.2, 0.25) is 0 Å². The molecule has 6 heteroatoms. The molecule has 122 valence electrons. The van der Waals surface area contributed by atoms with Crippen molar-refractivity contribution in [2.45, 2.75) is 37.8 Å². The van der Waals surface area contributed by atoms with Crippen molar-refractivity contribution in [2.24, 2.45) is 0 Å². The van der Waals surface area contributed by atoms with Crippen LogP contribution in [0.25, 0.3) is 11.3 Å². The van der Waals surface area contributed by atoms with Gasteiger partial charge in [-0.3, -0.25) is 0 Å². The number of imidazole rings is 1. The first-order chi connectivity index (χ1) is 11.1. The lowest BCUT2D eigenvalue weighted by atomic mass is 9.92. The zero-order chi connectivity index (χ0) is 16.4. The number of rotatable bonds is 3. The molecule has 0 aliphatic heterocycles. The molecule has 1 aliphatic carbocycles. The average Bonchev–Trinajstić information content (AvgIpc) is 2.99. The fourth-order valence-corrected chi connectivity index (χ4v) is 3.20. The van der Waals surface area contributed by atoms with Crippen LogP contribution in [0.15, 0.2) is 30.6 Å². The topological polar surface area (TPSA) is 64.3 Å². The van der Waals surface area contributed by atoms with Gasteiger partial charge < -0.3 is 14.4 Å². The molecule has 0 spiro atoms. The quantitative estimate of drug-likeness (QED) is 0.884. The summed E-state index contributed by atoms with van der Waals surface area (Å²) < 4.78 is 20.2.